The fraction of sp³-hybridized carbons (Fsp3) is 0.200. The monoisotopic (exact) mass is 241 g/mol. The smallest absolute Gasteiger partial charge is 0.0784 e. The predicted molar refractivity (Wildman–Crippen MR) is 78.3 cm³/mol. The van der Waals surface area contributed by atoms with Crippen LogP contribution in [0.25, 0.3) is 0 Å². The second kappa shape index (κ2) is 5.00. The van der Waals surface area contributed by atoms with Gasteiger partial charge in [0.2, 0.25) is 0 Å². The predicted octanol–water partition coefficient (Wildman–Crippen LogP) is 2.98. The van der Waals surface area contributed by atoms with Gasteiger partial charge in [0.15, 0.2) is 0 Å². The molecule has 3 nitrogen and oxygen atoms in total. The van der Waals surface area contributed by atoms with Crippen molar-refractivity contribution in [3.8, 4) is 0 Å². The van der Waals surface area contributed by atoms with E-state index in [4.69, 9.17) is 17.2 Å². The van der Waals surface area contributed by atoms with Crippen LogP contribution in [0.15, 0.2) is 42.5 Å². The van der Waals surface area contributed by atoms with Crippen molar-refractivity contribution in [2.24, 2.45) is 0 Å². The third-order valence-electron chi connectivity index (χ3n) is 3.34. The van der Waals surface area contributed by atoms with E-state index in [1.165, 1.54) is 5.56 Å². The van der Waals surface area contributed by atoms with Gasteiger partial charge in [0.1, 0.15) is 0 Å². The van der Waals surface area contributed by atoms with Gasteiger partial charge in [-0.3, -0.25) is 0 Å². The lowest BCUT2D eigenvalue weighted by molar-refractivity contribution is 0.780. The lowest BCUT2D eigenvalue weighted by atomic mass is 9.87. The normalized spacial score (nSPS) is 12.3. The van der Waals surface area contributed by atoms with Crippen LogP contribution in [-0.2, 0) is 0 Å². The van der Waals surface area contributed by atoms with Crippen LogP contribution in [0.2, 0.25) is 0 Å². The Morgan fingerprint density at radius 2 is 1.56 bits per heavy atom. The van der Waals surface area contributed by atoms with Crippen LogP contribution < -0.4 is 17.2 Å². The lowest BCUT2D eigenvalue weighted by Crippen LogP contribution is -2.08. The molecule has 0 bridgehead atoms. The number of anilines is 3. The minimum Gasteiger partial charge on any atom is -0.397 e. The summed E-state index contributed by atoms with van der Waals surface area (Å²) >= 11 is 0. The summed E-state index contributed by atoms with van der Waals surface area (Å²) in [4.78, 5) is 0. The first-order valence-electron chi connectivity index (χ1n) is 6.13. The fourth-order valence-corrected chi connectivity index (χ4v) is 2.29. The third-order valence-corrected chi connectivity index (χ3v) is 3.34. The van der Waals surface area contributed by atoms with Crippen molar-refractivity contribution in [1.29, 1.82) is 0 Å². The van der Waals surface area contributed by atoms with Crippen molar-refractivity contribution in [3.63, 3.8) is 0 Å². The minimum atomic E-state index is 0.258. The van der Waals surface area contributed by atoms with E-state index in [0.717, 1.165) is 12.0 Å². The molecular weight excluding hydrogens is 222 g/mol. The minimum absolute atomic E-state index is 0.258. The van der Waals surface area contributed by atoms with Crippen molar-refractivity contribution in [2.75, 3.05) is 17.2 Å². The number of hydrogen-bond donors (Lipinski definition) is 3. The molecule has 0 aromatic heterocycles. The van der Waals surface area contributed by atoms with Crippen molar-refractivity contribution < 1.29 is 0 Å². The Morgan fingerprint density at radius 3 is 2.17 bits per heavy atom. The molecule has 0 radical (unpaired) electrons. The lowest BCUT2D eigenvalue weighted by Gasteiger charge is -2.19. The molecule has 3 heteroatoms. The van der Waals surface area contributed by atoms with Crippen LogP contribution in [0.1, 0.15) is 30.4 Å². The maximum atomic E-state index is 6.09. The Kier molecular flexibility index (Phi) is 3.42. The van der Waals surface area contributed by atoms with Crippen molar-refractivity contribution in [1.82, 2.24) is 0 Å². The van der Waals surface area contributed by atoms with Crippen LogP contribution in [-0.4, -0.2) is 0 Å². The van der Waals surface area contributed by atoms with E-state index >= 15 is 0 Å². The molecule has 2 rings (SSSR count). The Morgan fingerprint density at radius 1 is 0.889 bits per heavy atom. The number of benzene rings is 2. The van der Waals surface area contributed by atoms with E-state index < -0.39 is 0 Å². The first-order chi connectivity index (χ1) is 8.65. The second-order valence-electron chi connectivity index (χ2n) is 4.44. The van der Waals surface area contributed by atoms with E-state index in [1.54, 1.807) is 0 Å². The quantitative estimate of drug-likeness (QED) is 0.723. The second-order valence-corrected chi connectivity index (χ2v) is 4.44. The zero-order valence-corrected chi connectivity index (χ0v) is 10.6. The highest BCUT2D eigenvalue weighted by molar-refractivity contribution is 5.80. The van der Waals surface area contributed by atoms with Crippen molar-refractivity contribution in [3.05, 3.63) is 53.6 Å². The van der Waals surface area contributed by atoms with Crippen LogP contribution in [0, 0.1) is 0 Å². The summed E-state index contributed by atoms with van der Waals surface area (Å²) in [7, 11) is 0. The highest BCUT2D eigenvalue weighted by Crippen LogP contribution is 2.36. The molecule has 0 amide bonds. The summed E-state index contributed by atoms with van der Waals surface area (Å²) in [5.74, 6) is 0.258. The standard InChI is InChI=1S/C15H19N3/c1-2-11(10-6-4-3-5-7-10)12-8-9-13(16)15(18)14(12)17/h3-9,11H,2,16-18H2,1H3. The van der Waals surface area contributed by atoms with Gasteiger partial charge in [-0.2, -0.15) is 0 Å². The maximum Gasteiger partial charge on any atom is 0.0784 e. The topological polar surface area (TPSA) is 78.1 Å². The van der Waals surface area contributed by atoms with Crippen LogP contribution in [0.3, 0.4) is 0 Å². The highest BCUT2D eigenvalue weighted by atomic mass is 14.7. The van der Waals surface area contributed by atoms with Gasteiger partial charge < -0.3 is 17.2 Å². The number of nitrogen functional groups attached to an aromatic ring is 3. The SMILES string of the molecule is CCC(c1ccccc1)c1ccc(N)c(N)c1N. The Hall–Kier alpha value is -2.16. The molecule has 6 N–H and O–H groups in total. The summed E-state index contributed by atoms with van der Waals surface area (Å²) in [6.07, 6.45) is 0.970. The number of rotatable bonds is 3. The maximum absolute atomic E-state index is 6.09. The third kappa shape index (κ3) is 2.12. The molecule has 1 unspecified atom stereocenters. The molecule has 0 saturated carbocycles. The Bertz CT molecular complexity index is 535. The summed E-state index contributed by atoms with van der Waals surface area (Å²) < 4.78 is 0. The van der Waals surface area contributed by atoms with Gasteiger partial charge in [-0.05, 0) is 23.6 Å². The van der Waals surface area contributed by atoms with Crippen LogP contribution in [0.5, 0.6) is 0 Å². The van der Waals surface area contributed by atoms with E-state index in [1.807, 2.05) is 30.3 Å². The first-order valence-corrected chi connectivity index (χ1v) is 6.13. The molecule has 0 aliphatic carbocycles. The summed E-state index contributed by atoms with van der Waals surface area (Å²) in [6, 6.07) is 14.1. The van der Waals surface area contributed by atoms with Gasteiger partial charge in [0.05, 0.1) is 17.1 Å². The van der Waals surface area contributed by atoms with Gasteiger partial charge in [0.25, 0.3) is 0 Å². The largest absolute Gasteiger partial charge is 0.397 e. The molecule has 0 aliphatic rings. The average molecular weight is 241 g/mol. The zero-order valence-electron chi connectivity index (χ0n) is 10.6. The molecule has 0 fully saturated rings. The highest BCUT2D eigenvalue weighted by Gasteiger charge is 2.16. The fourth-order valence-electron chi connectivity index (χ4n) is 2.29. The summed E-state index contributed by atoms with van der Waals surface area (Å²) in [5, 5.41) is 0. The molecular formula is C15H19N3. The van der Waals surface area contributed by atoms with Gasteiger partial charge in [-0.15, -0.1) is 0 Å². The van der Waals surface area contributed by atoms with Gasteiger partial charge in [0, 0.05) is 5.92 Å². The number of nitrogens with two attached hydrogens (primary N) is 3. The first kappa shape index (κ1) is 12.3. The van der Waals surface area contributed by atoms with Crippen LogP contribution in [0.4, 0.5) is 17.1 Å². The van der Waals surface area contributed by atoms with E-state index in [0.29, 0.717) is 17.1 Å². The number of hydrogen-bond acceptors (Lipinski definition) is 3. The van der Waals surface area contributed by atoms with Crippen LogP contribution >= 0.6 is 0 Å². The van der Waals surface area contributed by atoms with Crippen molar-refractivity contribution >= 4 is 17.1 Å². The zero-order chi connectivity index (χ0) is 13.1. The molecule has 2 aromatic rings. The average Bonchev–Trinajstić information content (AvgIpc) is 2.41. The van der Waals surface area contributed by atoms with Gasteiger partial charge >= 0.3 is 0 Å². The molecule has 0 aliphatic heterocycles. The van der Waals surface area contributed by atoms with Gasteiger partial charge in [-0.1, -0.05) is 43.3 Å². The molecule has 0 spiro atoms. The van der Waals surface area contributed by atoms with E-state index in [-0.39, 0.29) is 5.92 Å². The molecule has 2 aromatic carbocycles. The Labute approximate surface area is 108 Å². The molecule has 94 valence electrons. The Balaban J connectivity index is 2.50. The molecule has 0 saturated heterocycles. The van der Waals surface area contributed by atoms with Crippen molar-refractivity contribution in [2.45, 2.75) is 19.3 Å². The van der Waals surface area contributed by atoms with E-state index in [2.05, 4.69) is 19.1 Å². The van der Waals surface area contributed by atoms with Gasteiger partial charge in [-0.25, -0.2) is 0 Å². The van der Waals surface area contributed by atoms with E-state index in [9.17, 15) is 0 Å². The summed E-state index contributed by atoms with van der Waals surface area (Å²) in [6.45, 7) is 2.14. The molecule has 0 heterocycles. The molecule has 1 atom stereocenters. The molecule has 18 heavy (non-hydrogen) atoms. The summed E-state index contributed by atoms with van der Waals surface area (Å²) in [5.41, 5.74) is 21.7.